The van der Waals surface area contributed by atoms with Crippen LogP contribution in [0.5, 0.6) is 5.75 Å². The SMILES string of the molecule is COc1ccc(Cl)cc1NS(=O)(=O)c1ccc(Br)c(C(=O)O)c1. The van der Waals surface area contributed by atoms with Gasteiger partial charge in [0, 0.05) is 9.50 Å². The number of methoxy groups -OCH3 is 1. The number of hydrogen-bond donors (Lipinski definition) is 2. The van der Waals surface area contributed by atoms with Gasteiger partial charge in [0.25, 0.3) is 10.0 Å². The zero-order chi connectivity index (χ0) is 17.2. The summed E-state index contributed by atoms with van der Waals surface area (Å²) in [5.74, 6) is -0.956. The Hall–Kier alpha value is -1.77. The van der Waals surface area contributed by atoms with Crippen molar-refractivity contribution in [1.29, 1.82) is 0 Å². The van der Waals surface area contributed by atoms with Gasteiger partial charge in [-0.25, -0.2) is 13.2 Å². The van der Waals surface area contributed by atoms with E-state index in [2.05, 4.69) is 20.7 Å². The van der Waals surface area contributed by atoms with Crippen molar-refractivity contribution in [3.05, 3.63) is 51.5 Å². The summed E-state index contributed by atoms with van der Waals surface area (Å²) >= 11 is 8.93. The molecule has 23 heavy (non-hydrogen) atoms. The van der Waals surface area contributed by atoms with Crippen molar-refractivity contribution in [2.75, 3.05) is 11.8 Å². The molecule has 2 aromatic rings. The lowest BCUT2D eigenvalue weighted by atomic mass is 10.2. The second-order valence-electron chi connectivity index (χ2n) is 4.40. The molecule has 0 bridgehead atoms. The first-order valence-electron chi connectivity index (χ1n) is 6.14. The Morgan fingerprint density at radius 2 is 1.96 bits per heavy atom. The Bertz CT molecular complexity index is 869. The molecule has 9 heteroatoms. The molecule has 0 aliphatic carbocycles. The highest BCUT2D eigenvalue weighted by Gasteiger charge is 2.20. The Balaban J connectivity index is 2.46. The standard InChI is InChI=1S/C14H11BrClNO5S/c1-22-13-5-2-8(16)6-12(13)17-23(20,21)9-3-4-11(15)10(7-9)14(18)19/h2-7,17H,1H3,(H,18,19). The number of hydrogen-bond acceptors (Lipinski definition) is 4. The molecule has 0 atom stereocenters. The summed E-state index contributed by atoms with van der Waals surface area (Å²) in [6.45, 7) is 0. The van der Waals surface area contributed by atoms with Crippen LogP contribution in [-0.2, 0) is 10.0 Å². The van der Waals surface area contributed by atoms with E-state index in [9.17, 15) is 13.2 Å². The third kappa shape index (κ3) is 3.95. The number of anilines is 1. The quantitative estimate of drug-likeness (QED) is 0.771. The molecular weight excluding hydrogens is 410 g/mol. The van der Waals surface area contributed by atoms with Gasteiger partial charge in [0.2, 0.25) is 0 Å². The topological polar surface area (TPSA) is 92.7 Å². The highest BCUT2D eigenvalue weighted by Crippen LogP contribution is 2.30. The first kappa shape index (κ1) is 17.6. The van der Waals surface area contributed by atoms with Crippen LogP contribution in [0.15, 0.2) is 45.8 Å². The number of carbonyl (C=O) groups is 1. The maximum absolute atomic E-state index is 12.4. The van der Waals surface area contributed by atoms with Crippen LogP contribution in [0.1, 0.15) is 10.4 Å². The summed E-state index contributed by atoms with van der Waals surface area (Å²) in [4.78, 5) is 10.9. The molecule has 0 heterocycles. The summed E-state index contributed by atoms with van der Waals surface area (Å²) in [5.41, 5.74) is -0.00859. The summed E-state index contributed by atoms with van der Waals surface area (Å²) < 4.78 is 32.6. The van der Waals surface area contributed by atoms with Crippen molar-refractivity contribution in [2.45, 2.75) is 4.90 Å². The van der Waals surface area contributed by atoms with E-state index in [-0.39, 0.29) is 26.4 Å². The van der Waals surface area contributed by atoms with Crippen LogP contribution in [0.4, 0.5) is 5.69 Å². The fraction of sp³-hybridized carbons (Fsp3) is 0.0714. The van der Waals surface area contributed by atoms with Crippen LogP contribution >= 0.6 is 27.5 Å². The van der Waals surface area contributed by atoms with Crippen LogP contribution in [-0.4, -0.2) is 26.6 Å². The van der Waals surface area contributed by atoms with Crippen LogP contribution in [0.3, 0.4) is 0 Å². The molecule has 2 aromatic carbocycles. The second kappa shape index (κ2) is 6.77. The minimum absolute atomic E-state index is 0.153. The van der Waals surface area contributed by atoms with E-state index >= 15 is 0 Å². The predicted octanol–water partition coefficient (Wildman–Crippen LogP) is 3.61. The van der Waals surface area contributed by atoms with Gasteiger partial charge in [-0.3, -0.25) is 4.72 Å². The predicted molar refractivity (Wildman–Crippen MR) is 89.9 cm³/mol. The lowest BCUT2D eigenvalue weighted by Crippen LogP contribution is -2.14. The number of carboxylic acid groups (broad SMARTS) is 1. The van der Waals surface area contributed by atoms with Gasteiger partial charge in [0.05, 0.1) is 23.3 Å². The van der Waals surface area contributed by atoms with E-state index in [1.807, 2.05) is 0 Å². The number of sulfonamides is 1. The van der Waals surface area contributed by atoms with Gasteiger partial charge in [-0.15, -0.1) is 0 Å². The van der Waals surface area contributed by atoms with Gasteiger partial charge in [-0.05, 0) is 52.3 Å². The monoisotopic (exact) mass is 419 g/mol. The molecule has 6 nitrogen and oxygen atoms in total. The second-order valence-corrected chi connectivity index (χ2v) is 7.37. The Morgan fingerprint density at radius 3 is 2.57 bits per heavy atom. The first-order chi connectivity index (χ1) is 10.7. The van der Waals surface area contributed by atoms with E-state index in [1.54, 1.807) is 6.07 Å². The maximum Gasteiger partial charge on any atom is 0.336 e. The molecule has 0 spiro atoms. The third-order valence-corrected chi connectivity index (χ3v) is 5.17. The molecule has 0 aliphatic rings. The van der Waals surface area contributed by atoms with Gasteiger partial charge >= 0.3 is 5.97 Å². The normalized spacial score (nSPS) is 11.1. The van der Waals surface area contributed by atoms with Crippen molar-refractivity contribution in [2.24, 2.45) is 0 Å². The summed E-state index contributed by atoms with van der Waals surface area (Å²) in [6, 6.07) is 8.18. The summed E-state index contributed by atoms with van der Waals surface area (Å²) in [6.07, 6.45) is 0. The van der Waals surface area contributed by atoms with E-state index in [1.165, 1.54) is 31.4 Å². The van der Waals surface area contributed by atoms with Crippen molar-refractivity contribution in [3.8, 4) is 5.75 Å². The number of halogens is 2. The molecule has 0 saturated carbocycles. The average molecular weight is 421 g/mol. The fourth-order valence-electron chi connectivity index (χ4n) is 1.80. The molecule has 0 radical (unpaired) electrons. The minimum atomic E-state index is -4.01. The van der Waals surface area contributed by atoms with E-state index in [0.717, 1.165) is 6.07 Å². The number of ether oxygens (including phenoxy) is 1. The molecule has 0 saturated heterocycles. The number of rotatable bonds is 5. The molecule has 0 fully saturated rings. The van der Waals surface area contributed by atoms with Gasteiger partial charge < -0.3 is 9.84 Å². The molecule has 0 amide bonds. The van der Waals surface area contributed by atoms with E-state index < -0.39 is 16.0 Å². The molecule has 2 rings (SSSR count). The van der Waals surface area contributed by atoms with Gasteiger partial charge in [0.1, 0.15) is 5.75 Å². The van der Waals surface area contributed by atoms with Crippen molar-refractivity contribution >= 4 is 49.2 Å². The average Bonchev–Trinajstić information content (AvgIpc) is 2.47. The molecular formula is C14H11BrClNO5S. The zero-order valence-electron chi connectivity index (χ0n) is 11.7. The van der Waals surface area contributed by atoms with Crippen LogP contribution in [0.2, 0.25) is 5.02 Å². The van der Waals surface area contributed by atoms with Crippen molar-refractivity contribution in [1.82, 2.24) is 0 Å². The van der Waals surface area contributed by atoms with E-state index in [0.29, 0.717) is 5.02 Å². The number of nitrogens with one attached hydrogen (secondary N) is 1. The Kier molecular flexibility index (Phi) is 5.18. The van der Waals surface area contributed by atoms with E-state index in [4.69, 9.17) is 21.4 Å². The number of aromatic carboxylic acids is 1. The summed E-state index contributed by atoms with van der Waals surface area (Å²) in [7, 11) is -2.62. The molecule has 122 valence electrons. The van der Waals surface area contributed by atoms with Crippen LogP contribution < -0.4 is 9.46 Å². The highest BCUT2D eigenvalue weighted by molar-refractivity contribution is 9.10. The van der Waals surface area contributed by atoms with Gasteiger partial charge in [0.15, 0.2) is 0 Å². The van der Waals surface area contributed by atoms with Crippen molar-refractivity contribution in [3.63, 3.8) is 0 Å². The number of benzene rings is 2. The minimum Gasteiger partial charge on any atom is -0.495 e. The molecule has 0 aliphatic heterocycles. The van der Waals surface area contributed by atoms with Crippen molar-refractivity contribution < 1.29 is 23.1 Å². The Labute approximate surface area is 146 Å². The zero-order valence-corrected chi connectivity index (χ0v) is 14.9. The lowest BCUT2D eigenvalue weighted by Gasteiger charge is -2.13. The first-order valence-corrected chi connectivity index (χ1v) is 8.79. The molecule has 0 aromatic heterocycles. The fourth-order valence-corrected chi connectivity index (χ4v) is 3.47. The lowest BCUT2D eigenvalue weighted by molar-refractivity contribution is 0.0695. The number of carboxylic acids is 1. The van der Waals surface area contributed by atoms with Gasteiger partial charge in [-0.2, -0.15) is 0 Å². The van der Waals surface area contributed by atoms with Gasteiger partial charge in [-0.1, -0.05) is 11.6 Å². The largest absolute Gasteiger partial charge is 0.495 e. The highest BCUT2D eigenvalue weighted by atomic mass is 79.9. The molecule has 0 unspecified atom stereocenters. The third-order valence-electron chi connectivity index (χ3n) is 2.88. The van der Waals surface area contributed by atoms with Crippen LogP contribution in [0.25, 0.3) is 0 Å². The maximum atomic E-state index is 12.4. The Morgan fingerprint density at radius 1 is 1.26 bits per heavy atom. The summed E-state index contributed by atoms with van der Waals surface area (Å²) in [5, 5.41) is 9.41. The smallest absolute Gasteiger partial charge is 0.336 e. The van der Waals surface area contributed by atoms with Crippen LogP contribution in [0, 0.1) is 0 Å². The molecule has 2 N–H and O–H groups in total.